The van der Waals surface area contributed by atoms with E-state index in [4.69, 9.17) is 0 Å². The van der Waals surface area contributed by atoms with E-state index in [0.29, 0.717) is 0 Å². The average molecular weight is 298 g/mol. The summed E-state index contributed by atoms with van der Waals surface area (Å²) in [5.41, 5.74) is 1.06. The minimum absolute atomic E-state index is 1.06. The van der Waals surface area contributed by atoms with Gasteiger partial charge in [-0.1, -0.05) is 12.1 Å². The van der Waals surface area contributed by atoms with E-state index in [0.717, 1.165) is 5.56 Å². The topological polar surface area (TPSA) is 43.1 Å². The molecule has 2 aromatic rings. The molecule has 0 aliphatic rings. The molecule has 1 aromatic carbocycles. The number of rotatable bonds is 2. The van der Waals surface area contributed by atoms with Crippen LogP contribution in [0.15, 0.2) is 42.0 Å². The molecule has 0 saturated heterocycles. The third kappa shape index (κ3) is 2.38. The summed E-state index contributed by atoms with van der Waals surface area (Å²) >= 11 is 2.27. The molecule has 0 bridgehead atoms. The molecule has 0 atom stereocenters. The molecule has 1 heterocycles. The fourth-order valence-electron chi connectivity index (χ4n) is 0.975. The molecule has 0 aliphatic carbocycles. The Balaban J connectivity index is 2.18. The van der Waals surface area contributed by atoms with Crippen LogP contribution in [0.3, 0.4) is 0 Å². The lowest BCUT2D eigenvalue weighted by Crippen LogP contribution is -1.87. The molecule has 70 valence electrons. The zero-order valence-electron chi connectivity index (χ0n) is 7.21. The van der Waals surface area contributed by atoms with E-state index in [1.807, 2.05) is 18.2 Å². The Morgan fingerprint density at radius 3 is 2.79 bits per heavy atom. The van der Waals surface area contributed by atoms with Gasteiger partial charge in [-0.25, -0.2) is 4.68 Å². The van der Waals surface area contributed by atoms with Gasteiger partial charge in [0, 0.05) is 3.57 Å². The lowest BCUT2D eigenvalue weighted by Gasteiger charge is -1.93. The first-order chi connectivity index (χ1) is 6.84. The Labute approximate surface area is 94.8 Å². The summed E-state index contributed by atoms with van der Waals surface area (Å²) in [6, 6.07) is 8.08. The van der Waals surface area contributed by atoms with Crippen molar-refractivity contribution in [1.29, 1.82) is 0 Å². The minimum Gasteiger partial charge on any atom is -0.208 e. The molecule has 2 rings (SSSR count). The zero-order chi connectivity index (χ0) is 9.80. The fourth-order valence-corrected chi connectivity index (χ4v) is 1.54. The van der Waals surface area contributed by atoms with E-state index in [1.54, 1.807) is 23.5 Å². The highest BCUT2D eigenvalue weighted by atomic mass is 127. The van der Waals surface area contributed by atoms with Gasteiger partial charge in [0.15, 0.2) is 0 Å². The third-order valence-electron chi connectivity index (χ3n) is 1.60. The van der Waals surface area contributed by atoms with Crippen molar-refractivity contribution in [3.8, 4) is 0 Å². The van der Waals surface area contributed by atoms with Crippen LogP contribution in [0.4, 0.5) is 0 Å². The Hall–Kier alpha value is -1.24. The summed E-state index contributed by atoms with van der Waals surface area (Å²) in [5, 5.41) is 11.4. The van der Waals surface area contributed by atoms with Crippen molar-refractivity contribution in [2.75, 3.05) is 0 Å². The van der Waals surface area contributed by atoms with Gasteiger partial charge in [0.2, 0.25) is 0 Å². The van der Waals surface area contributed by atoms with Crippen LogP contribution in [-0.2, 0) is 0 Å². The van der Waals surface area contributed by atoms with Gasteiger partial charge in [-0.15, -0.1) is 10.2 Å². The van der Waals surface area contributed by atoms with Crippen LogP contribution in [0, 0.1) is 3.57 Å². The zero-order valence-corrected chi connectivity index (χ0v) is 9.37. The summed E-state index contributed by atoms with van der Waals surface area (Å²) < 4.78 is 2.75. The second kappa shape index (κ2) is 4.32. The van der Waals surface area contributed by atoms with Gasteiger partial charge in [0.25, 0.3) is 0 Å². The van der Waals surface area contributed by atoms with Gasteiger partial charge in [-0.2, -0.15) is 5.10 Å². The van der Waals surface area contributed by atoms with Crippen molar-refractivity contribution in [2.24, 2.45) is 5.10 Å². The first-order valence-corrected chi connectivity index (χ1v) is 5.07. The maximum Gasteiger partial charge on any atom is 0.141 e. The molecule has 0 N–H and O–H groups in total. The normalized spacial score (nSPS) is 10.9. The van der Waals surface area contributed by atoms with Crippen molar-refractivity contribution in [3.63, 3.8) is 0 Å². The summed E-state index contributed by atoms with van der Waals surface area (Å²) in [6.45, 7) is 0. The number of hydrogen-bond acceptors (Lipinski definition) is 3. The molecule has 0 spiro atoms. The molecule has 0 aliphatic heterocycles. The highest BCUT2D eigenvalue weighted by molar-refractivity contribution is 14.1. The molecule has 5 heteroatoms. The van der Waals surface area contributed by atoms with Crippen LogP contribution in [-0.4, -0.2) is 21.1 Å². The van der Waals surface area contributed by atoms with E-state index in [-0.39, 0.29) is 0 Å². The second-order valence-electron chi connectivity index (χ2n) is 2.64. The average Bonchev–Trinajstić information content (AvgIpc) is 2.67. The van der Waals surface area contributed by atoms with Gasteiger partial charge in [0.1, 0.15) is 12.7 Å². The van der Waals surface area contributed by atoms with Crippen molar-refractivity contribution < 1.29 is 0 Å². The molecule has 0 amide bonds. The predicted molar refractivity (Wildman–Crippen MR) is 62.2 cm³/mol. The predicted octanol–water partition coefficient (Wildman–Crippen LogP) is 1.76. The van der Waals surface area contributed by atoms with Crippen molar-refractivity contribution >= 4 is 28.8 Å². The van der Waals surface area contributed by atoms with Crippen LogP contribution in [0.25, 0.3) is 0 Å². The van der Waals surface area contributed by atoms with E-state index >= 15 is 0 Å². The second-order valence-corrected chi connectivity index (χ2v) is 3.89. The smallest absolute Gasteiger partial charge is 0.141 e. The molecular formula is C9H7IN4. The van der Waals surface area contributed by atoms with E-state index < -0.39 is 0 Å². The highest BCUT2D eigenvalue weighted by Gasteiger charge is 1.89. The van der Waals surface area contributed by atoms with Crippen LogP contribution in [0.2, 0.25) is 0 Å². The Morgan fingerprint density at radius 2 is 2.07 bits per heavy atom. The summed E-state index contributed by atoms with van der Waals surface area (Å²) in [7, 11) is 0. The number of aromatic nitrogens is 3. The molecule has 1 aromatic heterocycles. The van der Waals surface area contributed by atoms with Crippen molar-refractivity contribution in [1.82, 2.24) is 14.9 Å². The highest BCUT2D eigenvalue weighted by Crippen LogP contribution is 2.05. The van der Waals surface area contributed by atoms with Gasteiger partial charge >= 0.3 is 0 Å². The van der Waals surface area contributed by atoms with Crippen molar-refractivity contribution in [3.05, 3.63) is 46.1 Å². The van der Waals surface area contributed by atoms with Crippen LogP contribution in [0.5, 0.6) is 0 Å². The summed E-state index contributed by atoms with van der Waals surface area (Å²) in [4.78, 5) is 0. The largest absolute Gasteiger partial charge is 0.208 e. The van der Waals surface area contributed by atoms with E-state index in [2.05, 4.69) is 44.0 Å². The van der Waals surface area contributed by atoms with Crippen LogP contribution >= 0.6 is 22.6 Å². The standard InChI is InChI=1S/C9H7IN4/c10-9-3-1-2-8(4-9)5-13-14-6-11-12-7-14/h1-7H. The van der Waals surface area contributed by atoms with Crippen molar-refractivity contribution in [2.45, 2.75) is 0 Å². The van der Waals surface area contributed by atoms with Gasteiger partial charge < -0.3 is 0 Å². The van der Waals surface area contributed by atoms with Gasteiger partial charge in [-0.05, 0) is 40.3 Å². The number of hydrogen-bond donors (Lipinski definition) is 0. The van der Waals surface area contributed by atoms with Gasteiger partial charge in [0.05, 0.1) is 6.21 Å². The Bertz CT molecular complexity index is 436. The minimum atomic E-state index is 1.06. The molecule has 4 nitrogen and oxygen atoms in total. The molecule has 0 saturated carbocycles. The quantitative estimate of drug-likeness (QED) is 0.626. The maximum atomic E-state index is 4.14. The van der Waals surface area contributed by atoms with Crippen LogP contribution in [0.1, 0.15) is 5.56 Å². The molecular weight excluding hydrogens is 291 g/mol. The first-order valence-electron chi connectivity index (χ1n) is 3.99. The molecule has 0 unspecified atom stereocenters. The van der Waals surface area contributed by atoms with Crippen LogP contribution < -0.4 is 0 Å². The number of halogens is 1. The molecule has 0 radical (unpaired) electrons. The number of nitrogens with zero attached hydrogens (tertiary/aromatic N) is 4. The Morgan fingerprint density at radius 1 is 1.29 bits per heavy atom. The van der Waals surface area contributed by atoms with E-state index in [9.17, 15) is 0 Å². The summed E-state index contributed by atoms with van der Waals surface area (Å²) in [6.07, 6.45) is 4.86. The Kier molecular flexibility index (Phi) is 2.87. The fraction of sp³-hybridized carbons (Fsp3) is 0. The van der Waals surface area contributed by atoms with E-state index in [1.165, 1.54) is 3.57 Å². The summed E-state index contributed by atoms with van der Waals surface area (Å²) in [5.74, 6) is 0. The SMILES string of the molecule is Ic1cccc(C=Nn2cnnc2)c1. The molecule has 14 heavy (non-hydrogen) atoms. The molecule has 0 fully saturated rings. The van der Waals surface area contributed by atoms with Gasteiger partial charge in [-0.3, -0.25) is 0 Å². The lowest BCUT2D eigenvalue weighted by molar-refractivity contribution is 0.878. The third-order valence-corrected chi connectivity index (χ3v) is 2.27. The maximum absolute atomic E-state index is 4.14. The number of benzene rings is 1. The lowest BCUT2D eigenvalue weighted by atomic mass is 10.2. The monoisotopic (exact) mass is 298 g/mol. The first kappa shape index (κ1) is 9.32.